The van der Waals surface area contributed by atoms with E-state index < -0.39 is 0 Å². The Balaban J connectivity index is 1.23. The molecular formula is C42H25BN2S2. The van der Waals surface area contributed by atoms with Gasteiger partial charge in [-0.15, -0.1) is 22.7 Å². The minimum atomic E-state index is 1.18. The van der Waals surface area contributed by atoms with Crippen LogP contribution in [0.1, 0.15) is 0 Å². The van der Waals surface area contributed by atoms with Crippen LogP contribution in [0.25, 0.3) is 95.3 Å². The van der Waals surface area contributed by atoms with Gasteiger partial charge in [0.05, 0.1) is 22.1 Å². The summed E-state index contributed by atoms with van der Waals surface area (Å²) in [6.45, 7) is 0. The smallest absolute Gasteiger partial charge is 0.139 e. The first-order valence-corrected chi connectivity index (χ1v) is 17.7. The number of benzene rings is 7. The number of para-hydroxylation sites is 2. The van der Waals surface area contributed by atoms with Gasteiger partial charge < -0.3 is 9.13 Å². The molecule has 4 aromatic heterocycles. The Hall–Kier alpha value is -5.36. The third-order valence-electron chi connectivity index (χ3n) is 9.92. The number of hydrogen-bond donors (Lipinski definition) is 0. The summed E-state index contributed by atoms with van der Waals surface area (Å²) < 4.78 is 10.3. The number of aromatic nitrogens is 2. The van der Waals surface area contributed by atoms with E-state index in [1.165, 1.54) is 101 Å². The van der Waals surface area contributed by atoms with Gasteiger partial charge in [-0.3, -0.25) is 0 Å². The average molecular weight is 633 g/mol. The van der Waals surface area contributed by atoms with Crippen LogP contribution >= 0.6 is 22.7 Å². The van der Waals surface area contributed by atoms with Gasteiger partial charge in [0.1, 0.15) is 7.85 Å². The van der Waals surface area contributed by atoms with Crippen LogP contribution in [0.5, 0.6) is 0 Å². The summed E-state index contributed by atoms with van der Waals surface area (Å²) in [5.41, 5.74) is 8.56. The highest BCUT2D eigenvalue weighted by atomic mass is 32.1. The number of rotatable bonds is 2. The molecule has 2 nitrogen and oxygen atoms in total. The zero-order chi connectivity index (χ0) is 30.8. The van der Waals surface area contributed by atoms with Gasteiger partial charge in [0.2, 0.25) is 0 Å². The Kier molecular flexibility index (Phi) is 5.13. The maximum atomic E-state index is 2.48. The van der Waals surface area contributed by atoms with Crippen LogP contribution in [0.4, 0.5) is 0 Å². The third kappa shape index (κ3) is 3.45. The third-order valence-corrected chi connectivity index (χ3v) is 12.3. The normalized spacial score (nSPS) is 12.3. The molecule has 0 N–H and O–H groups in total. The predicted molar refractivity (Wildman–Crippen MR) is 209 cm³/mol. The van der Waals surface area contributed by atoms with Crippen molar-refractivity contribution in [3.63, 3.8) is 0 Å². The summed E-state index contributed by atoms with van der Waals surface area (Å²) in [6, 6.07) is 51.8. The summed E-state index contributed by atoms with van der Waals surface area (Å²) in [6.07, 6.45) is 0. The molecular weight excluding hydrogens is 607 g/mol. The summed E-state index contributed by atoms with van der Waals surface area (Å²) in [7, 11) is 2.23. The Morgan fingerprint density at radius 3 is 1.30 bits per heavy atom. The number of fused-ring (bicyclic) bond motifs is 14. The molecule has 0 atom stereocenters. The molecule has 218 valence electrons. The van der Waals surface area contributed by atoms with Crippen molar-refractivity contribution in [1.29, 1.82) is 0 Å². The van der Waals surface area contributed by atoms with Crippen molar-refractivity contribution in [3.8, 4) is 11.4 Å². The molecule has 0 aliphatic heterocycles. The van der Waals surface area contributed by atoms with Crippen molar-refractivity contribution in [2.45, 2.75) is 0 Å². The van der Waals surface area contributed by atoms with E-state index in [4.69, 9.17) is 0 Å². The minimum absolute atomic E-state index is 1.18. The maximum Gasteiger partial charge on any atom is 0.139 e. The van der Waals surface area contributed by atoms with E-state index in [0.717, 1.165) is 0 Å². The fraction of sp³-hybridized carbons (Fsp3) is 0. The molecule has 11 aromatic rings. The quantitative estimate of drug-likeness (QED) is 0.168. The monoisotopic (exact) mass is 632 g/mol. The summed E-state index contributed by atoms with van der Waals surface area (Å²) in [5, 5.41) is 10.6. The Bertz CT molecular complexity index is 2890. The second-order valence-electron chi connectivity index (χ2n) is 12.6. The topological polar surface area (TPSA) is 9.86 Å². The Labute approximate surface area is 278 Å². The second-order valence-corrected chi connectivity index (χ2v) is 14.7. The summed E-state index contributed by atoms with van der Waals surface area (Å²) >= 11 is 3.81. The lowest BCUT2D eigenvalue weighted by atomic mass is 9.95. The van der Waals surface area contributed by atoms with Crippen molar-refractivity contribution in [2.24, 2.45) is 0 Å². The first-order chi connectivity index (χ1) is 23.2. The maximum absolute atomic E-state index is 2.48. The molecule has 11 rings (SSSR count). The molecule has 47 heavy (non-hydrogen) atoms. The average Bonchev–Trinajstić information content (AvgIpc) is 3.85. The largest absolute Gasteiger partial charge is 0.309 e. The lowest BCUT2D eigenvalue weighted by Crippen LogP contribution is -2.09. The molecule has 0 saturated carbocycles. The SMILES string of the molecule is Bc1cc(-n2c3ccccc3c3c4sc5ccccc5c4ccc32)cc(-n2c3ccccc3c3c4sc5ccccc5c4ccc32)c1. The van der Waals surface area contributed by atoms with Gasteiger partial charge in [-0.1, -0.05) is 90.4 Å². The molecule has 0 saturated heterocycles. The molecule has 0 bridgehead atoms. The molecule has 5 heteroatoms. The van der Waals surface area contributed by atoms with Gasteiger partial charge in [0.25, 0.3) is 0 Å². The highest BCUT2D eigenvalue weighted by Gasteiger charge is 2.20. The van der Waals surface area contributed by atoms with E-state index in [-0.39, 0.29) is 0 Å². The molecule has 0 spiro atoms. The summed E-state index contributed by atoms with van der Waals surface area (Å²) in [5.74, 6) is 0. The number of nitrogens with zero attached hydrogens (tertiary/aromatic N) is 2. The van der Waals surface area contributed by atoms with E-state index >= 15 is 0 Å². The van der Waals surface area contributed by atoms with Crippen LogP contribution < -0.4 is 5.46 Å². The van der Waals surface area contributed by atoms with E-state index in [0.29, 0.717) is 0 Å². The fourth-order valence-electron chi connectivity index (χ4n) is 8.03. The van der Waals surface area contributed by atoms with Crippen LogP contribution in [0.15, 0.2) is 140 Å². The first kappa shape index (κ1) is 25.8. The van der Waals surface area contributed by atoms with Crippen LogP contribution in [-0.2, 0) is 0 Å². The van der Waals surface area contributed by atoms with Crippen molar-refractivity contribution in [2.75, 3.05) is 0 Å². The Morgan fingerprint density at radius 2 is 0.809 bits per heavy atom. The van der Waals surface area contributed by atoms with Crippen molar-refractivity contribution in [1.82, 2.24) is 9.13 Å². The molecule has 0 fully saturated rings. The highest BCUT2D eigenvalue weighted by Crippen LogP contribution is 2.45. The number of thiophene rings is 2. The fourth-order valence-corrected chi connectivity index (χ4v) is 10.5. The van der Waals surface area contributed by atoms with E-state index in [1.54, 1.807) is 0 Å². The van der Waals surface area contributed by atoms with E-state index in [2.05, 4.69) is 157 Å². The molecule has 0 radical (unpaired) electrons. The van der Waals surface area contributed by atoms with Crippen LogP contribution in [0, 0.1) is 0 Å². The lowest BCUT2D eigenvalue weighted by molar-refractivity contribution is 1.14. The van der Waals surface area contributed by atoms with Crippen molar-refractivity contribution >= 4 is 120 Å². The molecule has 0 amide bonds. The first-order valence-electron chi connectivity index (χ1n) is 16.0. The van der Waals surface area contributed by atoms with Gasteiger partial charge in [0, 0.05) is 73.3 Å². The van der Waals surface area contributed by atoms with E-state index in [1.807, 2.05) is 22.7 Å². The highest BCUT2D eigenvalue weighted by molar-refractivity contribution is 7.27. The van der Waals surface area contributed by atoms with Gasteiger partial charge in [-0.2, -0.15) is 0 Å². The standard InChI is InChI=1S/C42H25BN2S2/c43-24-21-25(44-33-13-5-1-11-31(33)39-35(44)19-17-29-27-9-3-7-15-37(27)46-41(29)39)23-26(22-24)45-34-14-6-2-12-32(34)40-36(45)20-18-30-28-10-4-8-16-38(28)47-42(30)40/h1-23H,43H2. The van der Waals surface area contributed by atoms with Crippen LogP contribution in [0.3, 0.4) is 0 Å². The zero-order valence-corrected chi connectivity index (χ0v) is 27.1. The molecule has 4 heterocycles. The van der Waals surface area contributed by atoms with Gasteiger partial charge in [0.15, 0.2) is 0 Å². The van der Waals surface area contributed by atoms with Crippen molar-refractivity contribution < 1.29 is 0 Å². The van der Waals surface area contributed by atoms with E-state index in [9.17, 15) is 0 Å². The lowest BCUT2D eigenvalue weighted by Gasteiger charge is -2.14. The summed E-state index contributed by atoms with van der Waals surface area (Å²) in [4.78, 5) is 0. The van der Waals surface area contributed by atoms with Gasteiger partial charge >= 0.3 is 0 Å². The molecule has 0 aliphatic rings. The van der Waals surface area contributed by atoms with Crippen LogP contribution in [0.2, 0.25) is 0 Å². The van der Waals surface area contributed by atoms with Crippen molar-refractivity contribution in [3.05, 3.63) is 140 Å². The zero-order valence-electron chi connectivity index (χ0n) is 25.5. The second kappa shape index (κ2) is 9.35. The number of hydrogen-bond acceptors (Lipinski definition) is 2. The van der Waals surface area contributed by atoms with Gasteiger partial charge in [-0.25, -0.2) is 0 Å². The predicted octanol–water partition coefficient (Wildman–Crippen LogP) is 10.9. The molecule has 0 aliphatic carbocycles. The Morgan fingerprint density at radius 1 is 0.383 bits per heavy atom. The minimum Gasteiger partial charge on any atom is -0.309 e. The molecule has 0 unspecified atom stereocenters. The molecule has 7 aromatic carbocycles. The van der Waals surface area contributed by atoms with Gasteiger partial charge in [-0.05, 0) is 54.6 Å². The van der Waals surface area contributed by atoms with Crippen LogP contribution in [-0.4, -0.2) is 17.0 Å².